The lowest BCUT2D eigenvalue weighted by Crippen LogP contribution is -2.11. The number of rotatable bonds is 7. The summed E-state index contributed by atoms with van der Waals surface area (Å²) in [6, 6.07) is 93.7. The van der Waals surface area contributed by atoms with Crippen LogP contribution >= 0.6 is 11.3 Å². The summed E-state index contributed by atoms with van der Waals surface area (Å²) >= 11 is 1.91. The van der Waals surface area contributed by atoms with Crippen LogP contribution < -0.4 is 4.90 Å². The number of thiophene rings is 1. The first-order valence-corrected chi connectivity index (χ1v) is 24.5. The van der Waals surface area contributed by atoms with Crippen LogP contribution in [0.5, 0.6) is 0 Å². The van der Waals surface area contributed by atoms with E-state index in [-0.39, 0.29) is 0 Å². The van der Waals surface area contributed by atoms with Crippen molar-refractivity contribution in [2.45, 2.75) is 0 Å². The number of fused-ring (bicyclic) bond motifs is 11. The summed E-state index contributed by atoms with van der Waals surface area (Å²) in [5.74, 6) is 0. The second-order valence-corrected chi connectivity index (χ2v) is 19.0. The van der Waals surface area contributed by atoms with E-state index in [9.17, 15) is 0 Å². The minimum Gasteiger partial charge on any atom is -0.310 e. The Morgan fingerprint density at radius 2 is 0.768 bits per heavy atom. The van der Waals surface area contributed by atoms with E-state index < -0.39 is 0 Å². The molecule has 0 aliphatic carbocycles. The molecule has 0 saturated carbocycles. The topological polar surface area (TPSA) is 8.17 Å². The molecule has 2 heterocycles. The standard InChI is InChI=1S/C66H42N2S/c1-3-16-51-43(14-1)28-29-47-42-48(35-40-52(47)51)54-18-6-9-24-61(54)67(50-38-32-46(33-39-50)56-22-13-23-59-60-41-34-44-15-2-4-19-55(44)66(60)69-65(56)59)49-36-30-45(31-37-49)53-17-5-10-25-62(53)68-63-26-11-7-20-57(63)58-21-8-12-27-64(58)68/h1-42H. The van der Waals surface area contributed by atoms with E-state index in [1.807, 2.05) is 11.3 Å². The van der Waals surface area contributed by atoms with Crippen LogP contribution in [-0.4, -0.2) is 4.57 Å². The molecule has 0 spiro atoms. The first-order chi connectivity index (χ1) is 34.2. The van der Waals surface area contributed by atoms with Crippen molar-refractivity contribution in [1.82, 2.24) is 4.57 Å². The SMILES string of the molecule is c1ccc(N(c2ccc(-c3ccccc3-n3c4ccccc4c4ccccc43)cc2)c2ccc(-c3cccc4c3sc3c5ccccc5ccc43)cc2)c(-c2ccc3c(ccc4ccccc43)c2)c1. The van der Waals surface area contributed by atoms with Gasteiger partial charge in [0.05, 0.1) is 22.4 Å². The molecule has 2 nitrogen and oxygen atoms in total. The molecule has 0 bridgehead atoms. The second kappa shape index (κ2) is 16.0. The smallest absolute Gasteiger partial charge is 0.0541 e. The van der Waals surface area contributed by atoms with Crippen molar-refractivity contribution in [2.75, 3.05) is 4.90 Å². The zero-order chi connectivity index (χ0) is 45.4. The first kappa shape index (κ1) is 39.4. The highest BCUT2D eigenvalue weighted by Crippen LogP contribution is 2.46. The Hall–Kier alpha value is -8.76. The van der Waals surface area contributed by atoms with Crippen LogP contribution in [0.4, 0.5) is 17.1 Å². The summed E-state index contributed by atoms with van der Waals surface area (Å²) in [7, 11) is 0. The highest BCUT2D eigenvalue weighted by molar-refractivity contribution is 7.27. The van der Waals surface area contributed by atoms with E-state index in [4.69, 9.17) is 0 Å². The predicted molar refractivity (Wildman–Crippen MR) is 297 cm³/mol. The minimum absolute atomic E-state index is 1.08. The van der Waals surface area contributed by atoms with Crippen LogP contribution in [0.1, 0.15) is 0 Å². The van der Waals surface area contributed by atoms with E-state index in [1.54, 1.807) is 0 Å². The molecule has 0 amide bonds. The van der Waals surface area contributed by atoms with Crippen LogP contribution in [0.2, 0.25) is 0 Å². The van der Waals surface area contributed by atoms with Gasteiger partial charge in [-0.3, -0.25) is 0 Å². The molecule has 0 radical (unpaired) electrons. The molecule has 14 aromatic rings. The van der Waals surface area contributed by atoms with Gasteiger partial charge in [0.1, 0.15) is 0 Å². The predicted octanol–water partition coefficient (Wildman–Crippen LogP) is 19.1. The van der Waals surface area contributed by atoms with Gasteiger partial charge in [-0.1, -0.05) is 200 Å². The van der Waals surface area contributed by atoms with Crippen molar-refractivity contribution in [3.8, 4) is 39.1 Å². The lowest BCUT2D eigenvalue weighted by Gasteiger charge is -2.28. The third-order valence-corrected chi connectivity index (χ3v) is 15.5. The van der Waals surface area contributed by atoms with E-state index >= 15 is 0 Å². The van der Waals surface area contributed by atoms with Crippen LogP contribution in [0.15, 0.2) is 255 Å². The van der Waals surface area contributed by atoms with Crippen molar-refractivity contribution in [3.63, 3.8) is 0 Å². The maximum absolute atomic E-state index is 2.43. The highest BCUT2D eigenvalue weighted by Gasteiger charge is 2.21. The quantitative estimate of drug-likeness (QED) is 0.145. The van der Waals surface area contributed by atoms with Crippen molar-refractivity contribution < 1.29 is 0 Å². The normalized spacial score (nSPS) is 11.8. The number of hydrogen-bond acceptors (Lipinski definition) is 2. The summed E-state index contributed by atoms with van der Waals surface area (Å²) in [4.78, 5) is 2.43. The summed E-state index contributed by atoms with van der Waals surface area (Å²) in [6.07, 6.45) is 0. The molecule has 3 heteroatoms. The molecular weight excluding hydrogens is 853 g/mol. The molecule has 14 rings (SSSR count). The molecular formula is C66H42N2S. The fraction of sp³-hybridized carbons (Fsp3) is 0. The third kappa shape index (κ3) is 6.39. The van der Waals surface area contributed by atoms with Gasteiger partial charge >= 0.3 is 0 Å². The number of aromatic nitrogens is 1. The van der Waals surface area contributed by atoms with Crippen molar-refractivity contribution >= 4 is 103 Å². The molecule has 0 unspecified atom stereocenters. The van der Waals surface area contributed by atoms with Crippen LogP contribution in [-0.2, 0) is 0 Å². The molecule has 0 fully saturated rings. The Bertz CT molecular complexity index is 4260. The first-order valence-electron chi connectivity index (χ1n) is 23.7. The fourth-order valence-corrected chi connectivity index (χ4v) is 12.3. The van der Waals surface area contributed by atoms with E-state index in [0.29, 0.717) is 0 Å². The maximum Gasteiger partial charge on any atom is 0.0541 e. The van der Waals surface area contributed by atoms with Crippen LogP contribution in [0.3, 0.4) is 0 Å². The summed E-state index contributed by atoms with van der Waals surface area (Å²) in [5, 5.41) is 12.8. The number of para-hydroxylation sites is 4. The van der Waals surface area contributed by atoms with Gasteiger partial charge in [-0.05, 0) is 109 Å². The third-order valence-electron chi connectivity index (χ3n) is 14.2. The Labute approximate surface area is 403 Å². The van der Waals surface area contributed by atoms with Crippen LogP contribution in [0.25, 0.3) is 113 Å². The average molecular weight is 895 g/mol. The van der Waals surface area contributed by atoms with Gasteiger partial charge in [-0.15, -0.1) is 11.3 Å². The molecule has 2 aromatic heterocycles. The number of nitrogens with zero attached hydrogens (tertiary/aromatic N) is 2. The molecule has 0 N–H and O–H groups in total. The van der Waals surface area contributed by atoms with Gasteiger partial charge < -0.3 is 9.47 Å². The van der Waals surface area contributed by atoms with Crippen molar-refractivity contribution in [3.05, 3.63) is 255 Å². The molecule has 322 valence electrons. The Kier molecular flexibility index (Phi) is 9.11. The molecule has 69 heavy (non-hydrogen) atoms. The van der Waals surface area contributed by atoms with E-state index in [1.165, 1.54) is 102 Å². The summed E-state index contributed by atoms with van der Waals surface area (Å²) < 4.78 is 5.09. The highest BCUT2D eigenvalue weighted by atomic mass is 32.1. The van der Waals surface area contributed by atoms with Gasteiger partial charge in [0.2, 0.25) is 0 Å². The molecule has 0 aliphatic rings. The maximum atomic E-state index is 2.43. The average Bonchev–Trinajstić information content (AvgIpc) is 3.98. The van der Waals surface area contributed by atoms with Gasteiger partial charge in [0.25, 0.3) is 0 Å². The van der Waals surface area contributed by atoms with Crippen molar-refractivity contribution in [2.24, 2.45) is 0 Å². The summed E-state index contributed by atoms with van der Waals surface area (Å²) in [5.41, 5.74) is 14.0. The minimum atomic E-state index is 1.08. The van der Waals surface area contributed by atoms with Gasteiger partial charge in [0.15, 0.2) is 0 Å². The number of anilines is 3. The van der Waals surface area contributed by atoms with E-state index in [2.05, 4.69) is 264 Å². The lowest BCUT2D eigenvalue weighted by atomic mass is 9.96. The molecule has 0 aliphatic heterocycles. The fourth-order valence-electron chi connectivity index (χ4n) is 10.9. The summed E-state index contributed by atoms with van der Waals surface area (Å²) in [6.45, 7) is 0. The molecule has 0 saturated heterocycles. The monoisotopic (exact) mass is 894 g/mol. The zero-order valence-corrected chi connectivity index (χ0v) is 38.4. The van der Waals surface area contributed by atoms with Crippen molar-refractivity contribution in [1.29, 1.82) is 0 Å². The number of hydrogen-bond donors (Lipinski definition) is 0. The Balaban J connectivity index is 0.911. The van der Waals surface area contributed by atoms with Gasteiger partial charge in [-0.25, -0.2) is 0 Å². The molecule has 12 aromatic carbocycles. The second-order valence-electron chi connectivity index (χ2n) is 18.0. The van der Waals surface area contributed by atoms with E-state index in [0.717, 1.165) is 28.3 Å². The zero-order valence-electron chi connectivity index (χ0n) is 37.6. The Morgan fingerprint density at radius 1 is 0.290 bits per heavy atom. The van der Waals surface area contributed by atoms with Gasteiger partial charge in [-0.2, -0.15) is 0 Å². The number of benzene rings is 12. The molecule has 0 atom stereocenters. The largest absolute Gasteiger partial charge is 0.310 e. The lowest BCUT2D eigenvalue weighted by molar-refractivity contribution is 1.18. The Morgan fingerprint density at radius 3 is 1.51 bits per heavy atom. The van der Waals surface area contributed by atoms with Crippen LogP contribution in [0, 0.1) is 0 Å². The van der Waals surface area contributed by atoms with Gasteiger partial charge in [0, 0.05) is 53.4 Å².